The summed E-state index contributed by atoms with van der Waals surface area (Å²) >= 11 is 1.53. The van der Waals surface area contributed by atoms with Gasteiger partial charge in [-0.3, -0.25) is 0 Å². The first-order chi connectivity index (χ1) is 6.88. The highest BCUT2D eigenvalue weighted by molar-refractivity contribution is 7.99. The van der Waals surface area contributed by atoms with Gasteiger partial charge in [-0.25, -0.2) is 4.98 Å². The quantitative estimate of drug-likeness (QED) is 0.556. The van der Waals surface area contributed by atoms with Crippen molar-refractivity contribution in [1.82, 2.24) is 4.98 Å². The number of nitriles is 2. The van der Waals surface area contributed by atoms with Crippen LogP contribution in [0.1, 0.15) is 18.4 Å². The maximum absolute atomic E-state index is 8.77. The second-order valence-corrected chi connectivity index (χ2v) is 3.66. The van der Waals surface area contributed by atoms with E-state index in [0.29, 0.717) is 12.0 Å². The van der Waals surface area contributed by atoms with Crippen molar-refractivity contribution in [3.63, 3.8) is 0 Å². The maximum atomic E-state index is 8.77. The van der Waals surface area contributed by atoms with Gasteiger partial charge >= 0.3 is 0 Å². The molecule has 0 amide bonds. The number of unbranched alkanes of at least 4 members (excludes halogenated alkanes) is 1. The predicted octanol–water partition coefficient (Wildman–Crippen LogP) is 2.35. The first-order valence-electron chi connectivity index (χ1n) is 4.23. The fourth-order valence-corrected chi connectivity index (χ4v) is 1.80. The van der Waals surface area contributed by atoms with E-state index in [4.69, 9.17) is 10.5 Å². The Labute approximate surface area is 87.4 Å². The lowest BCUT2D eigenvalue weighted by Crippen LogP contribution is -1.87. The van der Waals surface area contributed by atoms with Crippen LogP contribution in [0.25, 0.3) is 0 Å². The molecule has 0 radical (unpaired) electrons. The van der Waals surface area contributed by atoms with Crippen molar-refractivity contribution in [3.05, 3.63) is 23.9 Å². The third kappa shape index (κ3) is 3.08. The number of rotatable bonds is 4. The molecule has 0 aromatic carbocycles. The molecule has 14 heavy (non-hydrogen) atoms. The largest absolute Gasteiger partial charge is 0.249 e. The Kier molecular flexibility index (Phi) is 4.54. The number of thioether (sulfide) groups is 1. The summed E-state index contributed by atoms with van der Waals surface area (Å²) in [4.78, 5) is 4.10. The van der Waals surface area contributed by atoms with E-state index >= 15 is 0 Å². The van der Waals surface area contributed by atoms with Gasteiger partial charge in [-0.1, -0.05) is 0 Å². The molecule has 0 N–H and O–H groups in total. The van der Waals surface area contributed by atoms with Crippen LogP contribution >= 0.6 is 11.8 Å². The third-order valence-corrected chi connectivity index (χ3v) is 2.65. The standard InChI is InChI=1S/C10H9N3S/c11-5-1-2-7-14-10-9(8-12)4-3-6-13-10/h3-4,6H,1-2,7H2. The summed E-state index contributed by atoms with van der Waals surface area (Å²) in [6.45, 7) is 0. The predicted molar refractivity (Wildman–Crippen MR) is 54.5 cm³/mol. The van der Waals surface area contributed by atoms with Crippen LogP contribution in [0.15, 0.2) is 23.4 Å². The molecule has 0 aliphatic heterocycles. The SMILES string of the molecule is N#CCCCSc1ncccc1C#N. The van der Waals surface area contributed by atoms with E-state index in [2.05, 4.69) is 17.1 Å². The molecular formula is C10H9N3S. The molecule has 0 unspecified atom stereocenters. The average Bonchev–Trinajstić information content (AvgIpc) is 2.25. The highest BCUT2D eigenvalue weighted by Crippen LogP contribution is 2.19. The Bertz CT molecular complexity index is 376. The molecule has 1 heterocycles. The number of hydrogen-bond donors (Lipinski definition) is 0. The van der Waals surface area contributed by atoms with E-state index in [0.717, 1.165) is 17.2 Å². The van der Waals surface area contributed by atoms with Crippen LogP contribution in [0.4, 0.5) is 0 Å². The van der Waals surface area contributed by atoms with Crippen molar-refractivity contribution in [2.75, 3.05) is 5.75 Å². The lowest BCUT2D eigenvalue weighted by molar-refractivity contribution is 0.976. The van der Waals surface area contributed by atoms with E-state index in [1.165, 1.54) is 11.8 Å². The molecule has 0 spiro atoms. The van der Waals surface area contributed by atoms with Gasteiger partial charge in [0.2, 0.25) is 0 Å². The molecule has 0 saturated carbocycles. The van der Waals surface area contributed by atoms with Crippen molar-refractivity contribution in [1.29, 1.82) is 10.5 Å². The zero-order valence-corrected chi connectivity index (χ0v) is 8.42. The fourth-order valence-electron chi connectivity index (χ4n) is 0.911. The molecular weight excluding hydrogens is 194 g/mol. The summed E-state index contributed by atoms with van der Waals surface area (Å²) < 4.78 is 0. The van der Waals surface area contributed by atoms with Gasteiger partial charge in [0.25, 0.3) is 0 Å². The molecule has 0 fully saturated rings. The lowest BCUT2D eigenvalue weighted by atomic mass is 10.3. The summed E-state index contributed by atoms with van der Waals surface area (Å²) in [6.07, 6.45) is 3.07. The molecule has 3 nitrogen and oxygen atoms in total. The minimum atomic E-state index is 0.557. The number of pyridine rings is 1. The first kappa shape index (κ1) is 10.6. The Morgan fingerprint density at radius 1 is 1.43 bits per heavy atom. The first-order valence-corrected chi connectivity index (χ1v) is 5.22. The number of aromatic nitrogens is 1. The molecule has 70 valence electrons. The lowest BCUT2D eigenvalue weighted by Gasteiger charge is -1.99. The minimum Gasteiger partial charge on any atom is -0.249 e. The van der Waals surface area contributed by atoms with Gasteiger partial charge in [-0.15, -0.1) is 11.8 Å². The molecule has 1 aromatic heterocycles. The van der Waals surface area contributed by atoms with Crippen molar-refractivity contribution in [2.24, 2.45) is 0 Å². The van der Waals surface area contributed by atoms with Crippen LogP contribution in [0.3, 0.4) is 0 Å². The van der Waals surface area contributed by atoms with Crippen LogP contribution in [0, 0.1) is 22.7 Å². The van der Waals surface area contributed by atoms with Gasteiger partial charge in [0.1, 0.15) is 11.1 Å². The monoisotopic (exact) mass is 203 g/mol. The fraction of sp³-hybridized carbons (Fsp3) is 0.300. The Hall–Kier alpha value is -1.52. The summed E-state index contributed by atoms with van der Waals surface area (Å²) in [7, 11) is 0. The van der Waals surface area contributed by atoms with Crippen molar-refractivity contribution >= 4 is 11.8 Å². The molecule has 0 bridgehead atoms. The molecule has 4 heteroatoms. The average molecular weight is 203 g/mol. The smallest absolute Gasteiger partial charge is 0.114 e. The molecule has 1 aromatic rings. The highest BCUT2D eigenvalue weighted by Gasteiger charge is 2.01. The highest BCUT2D eigenvalue weighted by atomic mass is 32.2. The van der Waals surface area contributed by atoms with Gasteiger partial charge in [0.05, 0.1) is 11.6 Å². The van der Waals surface area contributed by atoms with Crippen molar-refractivity contribution in [2.45, 2.75) is 17.9 Å². The Balaban J connectivity index is 2.51. The summed E-state index contributed by atoms with van der Waals surface area (Å²) in [5, 5.41) is 17.9. The normalized spacial score (nSPS) is 9.00. The van der Waals surface area contributed by atoms with Gasteiger partial charge in [0, 0.05) is 18.4 Å². The topological polar surface area (TPSA) is 60.5 Å². The Morgan fingerprint density at radius 3 is 3.00 bits per heavy atom. The molecule has 0 aliphatic carbocycles. The number of hydrogen-bond acceptors (Lipinski definition) is 4. The second-order valence-electron chi connectivity index (χ2n) is 2.58. The van der Waals surface area contributed by atoms with E-state index in [1.807, 2.05) is 0 Å². The Morgan fingerprint density at radius 2 is 2.29 bits per heavy atom. The third-order valence-electron chi connectivity index (χ3n) is 1.56. The van der Waals surface area contributed by atoms with E-state index in [9.17, 15) is 0 Å². The van der Waals surface area contributed by atoms with Crippen LogP contribution in [-0.2, 0) is 0 Å². The van der Waals surface area contributed by atoms with Gasteiger partial charge in [-0.05, 0) is 18.6 Å². The zero-order chi connectivity index (χ0) is 10.2. The van der Waals surface area contributed by atoms with E-state index in [1.54, 1.807) is 18.3 Å². The maximum Gasteiger partial charge on any atom is 0.114 e. The van der Waals surface area contributed by atoms with Crippen LogP contribution in [0.5, 0.6) is 0 Å². The summed E-state index contributed by atoms with van der Waals surface area (Å²) in [5.41, 5.74) is 0.606. The van der Waals surface area contributed by atoms with Gasteiger partial charge < -0.3 is 0 Å². The van der Waals surface area contributed by atoms with Gasteiger partial charge in [0.15, 0.2) is 0 Å². The van der Waals surface area contributed by atoms with E-state index < -0.39 is 0 Å². The van der Waals surface area contributed by atoms with Crippen LogP contribution in [-0.4, -0.2) is 10.7 Å². The zero-order valence-electron chi connectivity index (χ0n) is 7.60. The summed E-state index contributed by atoms with van der Waals surface area (Å²) in [6, 6.07) is 7.67. The molecule has 0 saturated heterocycles. The van der Waals surface area contributed by atoms with Crippen LogP contribution in [0.2, 0.25) is 0 Å². The minimum absolute atomic E-state index is 0.557. The molecule has 1 rings (SSSR count). The van der Waals surface area contributed by atoms with Gasteiger partial charge in [-0.2, -0.15) is 10.5 Å². The molecule has 0 aliphatic rings. The molecule has 0 atom stereocenters. The van der Waals surface area contributed by atoms with E-state index in [-0.39, 0.29) is 0 Å². The number of nitrogens with zero attached hydrogens (tertiary/aromatic N) is 3. The van der Waals surface area contributed by atoms with Crippen molar-refractivity contribution < 1.29 is 0 Å². The second kappa shape index (κ2) is 6.01. The van der Waals surface area contributed by atoms with Crippen molar-refractivity contribution in [3.8, 4) is 12.1 Å². The van der Waals surface area contributed by atoms with Crippen LogP contribution < -0.4 is 0 Å². The summed E-state index contributed by atoms with van der Waals surface area (Å²) in [5.74, 6) is 0.833.